The van der Waals surface area contributed by atoms with Crippen LogP contribution in [0.25, 0.3) is 0 Å². The summed E-state index contributed by atoms with van der Waals surface area (Å²) in [7, 11) is 0. The molecule has 1 atom stereocenters. The van der Waals surface area contributed by atoms with Gasteiger partial charge in [-0.15, -0.1) is 0 Å². The predicted molar refractivity (Wildman–Crippen MR) is 82.5 cm³/mol. The lowest BCUT2D eigenvalue weighted by Gasteiger charge is -2.41. The van der Waals surface area contributed by atoms with Gasteiger partial charge in [0.15, 0.2) is 6.04 Å². The number of nitro benzene ring substituents is 1. The largest absolute Gasteiger partial charge is 0.480 e. The molecule has 0 unspecified atom stereocenters. The Kier molecular flexibility index (Phi) is 4.23. The van der Waals surface area contributed by atoms with Crippen LogP contribution in [-0.4, -0.2) is 45.2 Å². The maximum Gasteiger partial charge on any atom is 0.328 e. The summed E-state index contributed by atoms with van der Waals surface area (Å²) in [4.78, 5) is 36.0. The van der Waals surface area contributed by atoms with Gasteiger partial charge in [-0.2, -0.15) is 0 Å². The zero-order valence-corrected chi connectivity index (χ0v) is 13.0. The molecular weight excluding hydrogens is 316 g/mol. The number of amides is 1. The number of hydrogen-bond donors (Lipinski definition) is 1. The van der Waals surface area contributed by atoms with Gasteiger partial charge in [0.25, 0.3) is 11.6 Å². The topological polar surface area (TPSA) is 110 Å². The van der Waals surface area contributed by atoms with E-state index < -0.39 is 28.6 Å². The van der Waals surface area contributed by atoms with E-state index in [9.17, 15) is 24.8 Å². The van der Waals surface area contributed by atoms with E-state index in [4.69, 9.17) is 4.74 Å². The van der Waals surface area contributed by atoms with Crippen LogP contribution in [-0.2, 0) is 9.53 Å². The SMILES string of the molecule is O=C(O)[C@H]1COC2(CCCCC2)N1C(=O)c1ccc([N+](=O)[O-])cc1. The first-order chi connectivity index (χ1) is 11.4. The Balaban J connectivity index is 1.93. The van der Waals surface area contributed by atoms with Crippen LogP contribution in [0.2, 0.25) is 0 Å². The molecule has 24 heavy (non-hydrogen) atoms. The molecule has 1 amide bonds. The molecule has 0 aromatic heterocycles. The van der Waals surface area contributed by atoms with Gasteiger partial charge in [0, 0.05) is 17.7 Å². The van der Waals surface area contributed by atoms with Gasteiger partial charge in [0.1, 0.15) is 5.72 Å². The third-order valence-electron chi connectivity index (χ3n) is 4.72. The minimum Gasteiger partial charge on any atom is -0.480 e. The van der Waals surface area contributed by atoms with Crippen LogP contribution in [0.4, 0.5) is 5.69 Å². The summed E-state index contributed by atoms with van der Waals surface area (Å²) in [5.41, 5.74) is -0.770. The summed E-state index contributed by atoms with van der Waals surface area (Å²) in [6, 6.07) is 4.16. The Hall–Kier alpha value is -2.48. The number of ether oxygens (including phenoxy) is 1. The molecule has 1 aliphatic carbocycles. The molecule has 2 aliphatic rings. The van der Waals surface area contributed by atoms with Crippen LogP contribution in [0, 0.1) is 10.1 Å². The maximum atomic E-state index is 12.9. The second-order valence-corrected chi connectivity index (χ2v) is 6.15. The van der Waals surface area contributed by atoms with Gasteiger partial charge in [0.05, 0.1) is 11.5 Å². The lowest BCUT2D eigenvalue weighted by molar-refractivity contribution is -0.384. The molecule has 1 spiro atoms. The third kappa shape index (κ3) is 2.73. The number of rotatable bonds is 3. The fourth-order valence-electron chi connectivity index (χ4n) is 3.52. The number of carboxylic acid groups (broad SMARTS) is 1. The van der Waals surface area contributed by atoms with E-state index >= 15 is 0 Å². The van der Waals surface area contributed by atoms with E-state index in [2.05, 4.69) is 0 Å². The highest BCUT2D eigenvalue weighted by atomic mass is 16.6. The normalized spacial score (nSPS) is 22.5. The van der Waals surface area contributed by atoms with Crippen LogP contribution in [0.3, 0.4) is 0 Å². The lowest BCUT2D eigenvalue weighted by Crippen LogP contribution is -2.54. The Morgan fingerprint density at radius 3 is 2.38 bits per heavy atom. The molecule has 0 radical (unpaired) electrons. The highest BCUT2D eigenvalue weighted by Crippen LogP contribution is 2.41. The molecule has 8 nitrogen and oxygen atoms in total. The fraction of sp³-hybridized carbons (Fsp3) is 0.500. The summed E-state index contributed by atoms with van der Waals surface area (Å²) in [5.74, 6) is -1.57. The van der Waals surface area contributed by atoms with Gasteiger partial charge in [-0.1, -0.05) is 6.42 Å². The molecule has 8 heteroatoms. The number of hydrogen-bond acceptors (Lipinski definition) is 5. The highest BCUT2D eigenvalue weighted by Gasteiger charge is 2.53. The van der Waals surface area contributed by atoms with Crippen LogP contribution in [0.5, 0.6) is 0 Å². The van der Waals surface area contributed by atoms with E-state index in [0.29, 0.717) is 12.8 Å². The number of carbonyl (C=O) groups is 2. The summed E-state index contributed by atoms with van der Waals surface area (Å²) in [5, 5.41) is 20.2. The fourth-order valence-corrected chi connectivity index (χ4v) is 3.52. The van der Waals surface area contributed by atoms with Crippen LogP contribution < -0.4 is 0 Å². The van der Waals surface area contributed by atoms with Crippen LogP contribution in [0.15, 0.2) is 24.3 Å². The van der Waals surface area contributed by atoms with Crippen molar-refractivity contribution in [3.05, 3.63) is 39.9 Å². The molecule has 1 saturated heterocycles. The van der Waals surface area contributed by atoms with Gasteiger partial charge in [0.2, 0.25) is 0 Å². The number of carbonyl (C=O) groups excluding carboxylic acids is 1. The molecule has 128 valence electrons. The van der Waals surface area contributed by atoms with Crippen molar-refractivity contribution in [3.8, 4) is 0 Å². The van der Waals surface area contributed by atoms with Crippen molar-refractivity contribution in [2.24, 2.45) is 0 Å². The molecule has 1 heterocycles. The van der Waals surface area contributed by atoms with Gasteiger partial charge in [-0.25, -0.2) is 4.79 Å². The number of carboxylic acids is 1. The molecule has 0 bridgehead atoms. The van der Waals surface area contributed by atoms with Crippen molar-refractivity contribution >= 4 is 17.6 Å². The second-order valence-electron chi connectivity index (χ2n) is 6.15. The minimum atomic E-state index is -1.10. The number of aliphatic carboxylic acids is 1. The smallest absolute Gasteiger partial charge is 0.328 e. The Morgan fingerprint density at radius 1 is 1.21 bits per heavy atom. The van der Waals surface area contributed by atoms with Crippen LogP contribution in [0.1, 0.15) is 42.5 Å². The standard InChI is InChI=1S/C16H18N2O6/c19-14(11-4-6-12(7-5-11)18(22)23)17-13(15(20)21)10-24-16(17)8-2-1-3-9-16/h4-7,13H,1-3,8-10H2,(H,20,21)/t13-/m1/s1. The monoisotopic (exact) mass is 334 g/mol. The minimum absolute atomic E-state index is 0.0337. The maximum absolute atomic E-state index is 12.9. The van der Waals surface area contributed by atoms with Gasteiger partial charge in [-0.05, 0) is 37.8 Å². The first kappa shape index (κ1) is 16.4. The Labute approximate surface area is 138 Å². The van der Waals surface area contributed by atoms with Crippen molar-refractivity contribution in [3.63, 3.8) is 0 Å². The molecular formula is C16H18N2O6. The predicted octanol–water partition coefficient (Wildman–Crippen LogP) is 2.18. The van der Waals surface area contributed by atoms with Gasteiger partial charge in [-0.3, -0.25) is 19.8 Å². The average Bonchev–Trinajstić information content (AvgIpc) is 2.93. The van der Waals surface area contributed by atoms with Crippen molar-refractivity contribution < 1.29 is 24.4 Å². The van der Waals surface area contributed by atoms with Crippen molar-refractivity contribution in [1.29, 1.82) is 0 Å². The molecule has 1 aromatic rings. The van der Waals surface area contributed by atoms with E-state index in [1.807, 2.05) is 0 Å². The molecule has 1 N–H and O–H groups in total. The molecule has 1 aromatic carbocycles. The first-order valence-corrected chi connectivity index (χ1v) is 7.89. The molecule has 3 rings (SSSR count). The van der Waals surface area contributed by atoms with Crippen LogP contribution >= 0.6 is 0 Å². The molecule has 1 saturated carbocycles. The molecule has 2 fully saturated rings. The second kappa shape index (κ2) is 6.20. The quantitative estimate of drug-likeness (QED) is 0.670. The van der Waals surface area contributed by atoms with Gasteiger partial charge < -0.3 is 9.84 Å². The number of nitro groups is 1. The third-order valence-corrected chi connectivity index (χ3v) is 4.72. The van der Waals surface area contributed by atoms with Crippen molar-refractivity contribution in [1.82, 2.24) is 4.90 Å². The summed E-state index contributed by atoms with van der Waals surface area (Å²) in [6.07, 6.45) is 3.99. The van der Waals surface area contributed by atoms with Crippen molar-refractivity contribution in [2.45, 2.75) is 43.9 Å². The number of non-ortho nitro benzene ring substituents is 1. The zero-order valence-electron chi connectivity index (χ0n) is 13.0. The summed E-state index contributed by atoms with van der Waals surface area (Å²) >= 11 is 0. The van der Waals surface area contributed by atoms with Crippen molar-refractivity contribution in [2.75, 3.05) is 6.61 Å². The average molecular weight is 334 g/mol. The van der Waals surface area contributed by atoms with E-state index in [1.54, 1.807) is 0 Å². The van der Waals surface area contributed by atoms with E-state index in [-0.39, 0.29) is 17.9 Å². The van der Waals surface area contributed by atoms with E-state index in [1.165, 1.54) is 29.2 Å². The number of benzene rings is 1. The van der Waals surface area contributed by atoms with Gasteiger partial charge >= 0.3 is 5.97 Å². The first-order valence-electron chi connectivity index (χ1n) is 7.89. The molecule has 1 aliphatic heterocycles. The highest BCUT2D eigenvalue weighted by molar-refractivity contribution is 5.97. The Morgan fingerprint density at radius 2 is 1.83 bits per heavy atom. The summed E-state index contributed by atoms with van der Waals surface area (Å²) < 4.78 is 5.79. The zero-order chi connectivity index (χ0) is 17.3. The summed E-state index contributed by atoms with van der Waals surface area (Å²) in [6.45, 7) is -0.0337. The lowest BCUT2D eigenvalue weighted by atomic mass is 9.89. The number of nitrogens with zero attached hydrogens (tertiary/aromatic N) is 2. The Bertz CT molecular complexity index is 666. The van der Waals surface area contributed by atoms with E-state index in [0.717, 1.165) is 19.3 Å².